The summed E-state index contributed by atoms with van der Waals surface area (Å²) >= 11 is 0. The standard InChI is InChI=1S/C19H29N7O/c1-3-20-19(22-14-18-23-15-24-25(18)2)21-13-17(16-7-5-4-6-8-16)26-9-11-27-12-10-26/h4-8,15,17H,3,9-14H2,1-2H3,(H2,20,21,22). The molecule has 1 saturated heterocycles. The van der Waals surface area contributed by atoms with E-state index in [1.807, 2.05) is 7.05 Å². The molecule has 27 heavy (non-hydrogen) atoms. The smallest absolute Gasteiger partial charge is 0.191 e. The Bertz CT molecular complexity index is 710. The third-order valence-electron chi connectivity index (χ3n) is 4.66. The normalized spacial score (nSPS) is 16.9. The average Bonchev–Trinajstić information content (AvgIpc) is 3.12. The van der Waals surface area contributed by atoms with Crippen molar-refractivity contribution in [2.24, 2.45) is 12.0 Å². The number of hydrogen-bond acceptors (Lipinski definition) is 5. The largest absolute Gasteiger partial charge is 0.379 e. The maximum atomic E-state index is 5.53. The minimum Gasteiger partial charge on any atom is -0.379 e. The molecule has 1 atom stereocenters. The first-order chi connectivity index (χ1) is 13.3. The molecule has 0 aliphatic carbocycles. The molecule has 0 saturated carbocycles. The Labute approximate surface area is 160 Å². The molecule has 1 aliphatic rings. The highest BCUT2D eigenvalue weighted by atomic mass is 16.5. The van der Waals surface area contributed by atoms with Gasteiger partial charge in [-0.05, 0) is 12.5 Å². The van der Waals surface area contributed by atoms with Gasteiger partial charge >= 0.3 is 0 Å². The van der Waals surface area contributed by atoms with E-state index in [9.17, 15) is 0 Å². The van der Waals surface area contributed by atoms with Gasteiger partial charge in [-0.25, -0.2) is 9.98 Å². The fourth-order valence-electron chi connectivity index (χ4n) is 3.17. The zero-order valence-electron chi connectivity index (χ0n) is 16.1. The number of benzene rings is 1. The summed E-state index contributed by atoms with van der Waals surface area (Å²) in [5, 5.41) is 10.9. The summed E-state index contributed by atoms with van der Waals surface area (Å²) in [7, 11) is 1.88. The van der Waals surface area contributed by atoms with E-state index in [1.165, 1.54) is 5.56 Å². The van der Waals surface area contributed by atoms with Crippen LogP contribution < -0.4 is 10.6 Å². The van der Waals surface area contributed by atoms with Crippen LogP contribution in [0.2, 0.25) is 0 Å². The molecule has 8 heteroatoms. The number of nitrogens with zero attached hydrogens (tertiary/aromatic N) is 5. The highest BCUT2D eigenvalue weighted by molar-refractivity contribution is 5.79. The minimum absolute atomic E-state index is 0.272. The third-order valence-corrected chi connectivity index (χ3v) is 4.66. The first-order valence-electron chi connectivity index (χ1n) is 9.49. The Morgan fingerprint density at radius 2 is 2.00 bits per heavy atom. The van der Waals surface area contributed by atoms with Crippen LogP contribution in [-0.4, -0.2) is 65.0 Å². The minimum atomic E-state index is 0.272. The van der Waals surface area contributed by atoms with E-state index >= 15 is 0 Å². The van der Waals surface area contributed by atoms with Crippen molar-refractivity contribution in [2.75, 3.05) is 39.4 Å². The SMILES string of the molecule is CCNC(=NCc1ncnn1C)NCC(c1ccccc1)N1CCOCC1. The van der Waals surface area contributed by atoms with Crippen LogP contribution in [0.15, 0.2) is 41.7 Å². The van der Waals surface area contributed by atoms with Gasteiger partial charge in [0.05, 0.1) is 19.3 Å². The second-order valence-electron chi connectivity index (χ2n) is 6.45. The molecule has 0 bridgehead atoms. The van der Waals surface area contributed by atoms with E-state index in [4.69, 9.17) is 4.74 Å². The lowest BCUT2D eigenvalue weighted by Crippen LogP contribution is -2.46. The van der Waals surface area contributed by atoms with Crippen LogP contribution in [0.4, 0.5) is 0 Å². The molecule has 8 nitrogen and oxygen atoms in total. The highest BCUT2D eigenvalue weighted by Gasteiger charge is 2.22. The maximum absolute atomic E-state index is 5.53. The lowest BCUT2D eigenvalue weighted by Gasteiger charge is -2.35. The second kappa shape index (κ2) is 10.0. The Kier molecular flexibility index (Phi) is 7.18. The van der Waals surface area contributed by atoms with Crippen molar-refractivity contribution in [2.45, 2.75) is 19.5 Å². The van der Waals surface area contributed by atoms with Crippen LogP contribution in [0, 0.1) is 0 Å². The van der Waals surface area contributed by atoms with Crippen LogP contribution in [0.5, 0.6) is 0 Å². The van der Waals surface area contributed by atoms with Crippen LogP contribution in [-0.2, 0) is 18.3 Å². The molecule has 1 unspecified atom stereocenters. The number of aliphatic imine (C=N–C) groups is 1. The van der Waals surface area contributed by atoms with Gasteiger partial charge in [0.1, 0.15) is 18.7 Å². The van der Waals surface area contributed by atoms with Crippen molar-refractivity contribution in [3.8, 4) is 0 Å². The first kappa shape index (κ1) is 19.3. The predicted molar refractivity (Wildman–Crippen MR) is 105 cm³/mol. The van der Waals surface area contributed by atoms with Gasteiger partial charge in [0.25, 0.3) is 0 Å². The summed E-state index contributed by atoms with van der Waals surface area (Å²) in [6.45, 7) is 7.57. The summed E-state index contributed by atoms with van der Waals surface area (Å²) < 4.78 is 7.27. The van der Waals surface area contributed by atoms with E-state index < -0.39 is 0 Å². The summed E-state index contributed by atoms with van der Waals surface area (Å²) in [6, 6.07) is 10.9. The van der Waals surface area contributed by atoms with Crippen LogP contribution in [0.1, 0.15) is 24.4 Å². The first-order valence-corrected chi connectivity index (χ1v) is 9.49. The molecular weight excluding hydrogens is 342 g/mol. The molecule has 1 fully saturated rings. The molecular formula is C19H29N7O. The molecule has 1 aromatic carbocycles. The molecule has 1 aliphatic heterocycles. The van der Waals surface area contributed by atoms with Gasteiger partial charge in [-0.15, -0.1) is 0 Å². The number of aryl methyl sites for hydroxylation is 1. The Hall–Kier alpha value is -2.45. The number of nitrogens with one attached hydrogen (secondary N) is 2. The van der Waals surface area contributed by atoms with Crippen molar-refractivity contribution in [1.82, 2.24) is 30.3 Å². The molecule has 0 radical (unpaired) electrons. The summed E-state index contributed by atoms with van der Waals surface area (Å²) in [4.78, 5) is 11.4. The Morgan fingerprint density at radius 1 is 1.22 bits per heavy atom. The Balaban J connectivity index is 1.68. The second-order valence-corrected chi connectivity index (χ2v) is 6.45. The molecule has 2 N–H and O–H groups in total. The third kappa shape index (κ3) is 5.51. The summed E-state index contributed by atoms with van der Waals surface area (Å²) in [5.41, 5.74) is 1.30. The predicted octanol–water partition coefficient (Wildman–Crippen LogP) is 0.944. The van der Waals surface area contributed by atoms with Crippen molar-refractivity contribution >= 4 is 5.96 Å². The fourth-order valence-corrected chi connectivity index (χ4v) is 3.17. The molecule has 1 aromatic heterocycles. The van der Waals surface area contributed by atoms with Crippen LogP contribution >= 0.6 is 0 Å². The van der Waals surface area contributed by atoms with E-state index in [1.54, 1.807) is 11.0 Å². The number of aromatic nitrogens is 3. The van der Waals surface area contributed by atoms with Crippen molar-refractivity contribution < 1.29 is 4.74 Å². The van der Waals surface area contributed by atoms with Gasteiger partial charge in [-0.3, -0.25) is 9.58 Å². The molecule has 2 heterocycles. The Morgan fingerprint density at radius 3 is 2.67 bits per heavy atom. The molecule has 0 spiro atoms. The number of hydrogen-bond donors (Lipinski definition) is 2. The topological polar surface area (TPSA) is 79.6 Å². The zero-order valence-corrected chi connectivity index (χ0v) is 16.1. The summed E-state index contributed by atoms with van der Waals surface area (Å²) in [6.07, 6.45) is 1.55. The zero-order chi connectivity index (χ0) is 18.9. The van der Waals surface area contributed by atoms with E-state index in [0.717, 1.165) is 51.2 Å². The van der Waals surface area contributed by atoms with Crippen LogP contribution in [0.3, 0.4) is 0 Å². The van der Waals surface area contributed by atoms with Gasteiger partial charge in [0.2, 0.25) is 0 Å². The van der Waals surface area contributed by atoms with Crippen molar-refractivity contribution in [3.05, 3.63) is 48.0 Å². The molecule has 3 rings (SSSR count). The van der Waals surface area contributed by atoms with Gasteiger partial charge in [-0.1, -0.05) is 30.3 Å². The maximum Gasteiger partial charge on any atom is 0.191 e. The number of morpholine rings is 1. The molecule has 0 amide bonds. The number of ether oxygens (including phenoxy) is 1. The van der Waals surface area contributed by atoms with E-state index in [0.29, 0.717) is 6.54 Å². The van der Waals surface area contributed by atoms with Gasteiger partial charge < -0.3 is 15.4 Å². The summed E-state index contributed by atoms with van der Waals surface area (Å²) in [5.74, 6) is 1.62. The molecule has 146 valence electrons. The van der Waals surface area contributed by atoms with Gasteiger partial charge in [0, 0.05) is 33.2 Å². The lowest BCUT2D eigenvalue weighted by atomic mass is 10.0. The molecule has 2 aromatic rings. The fraction of sp³-hybridized carbons (Fsp3) is 0.526. The highest BCUT2D eigenvalue weighted by Crippen LogP contribution is 2.21. The number of guanidine groups is 1. The van der Waals surface area contributed by atoms with E-state index in [-0.39, 0.29) is 6.04 Å². The average molecular weight is 371 g/mol. The van der Waals surface area contributed by atoms with Crippen molar-refractivity contribution in [1.29, 1.82) is 0 Å². The lowest BCUT2D eigenvalue weighted by molar-refractivity contribution is 0.0170. The van der Waals surface area contributed by atoms with Crippen LogP contribution in [0.25, 0.3) is 0 Å². The van der Waals surface area contributed by atoms with Gasteiger partial charge in [0.15, 0.2) is 5.96 Å². The van der Waals surface area contributed by atoms with Crippen molar-refractivity contribution in [3.63, 3.8) is 0 Å². The van der Waals surface area contributed by atoms with Gasteiger partial charge in [-0.2, -0.15) is 5.10 Å². The van der Waals surface area contributed by atoms with E-state index in [2.05, 4.69) is 67.9 Å². The monoisotopic (exact) mass is 371 g/mol. The quantitative estimate of drug-likeness (QED) is 0.557. The number of rotatable bonds is 7.